The number of nitrogens with zero attached hydrogens (tertiary/aromatic N) is 6. The maximum atomic E-state index is 13.2. The van der Waals surface area contributed by atoms with Crippen molar-refractivity contribution in [2.45, 2.75) is 32.7 Å². The first-order valence-electron chi connectivity index (χ1n) is 14.4. The highest BCUT2D eigenvalue weighted by molar-refractivity contribution is 6.06. The van der Waals surface area contributed by atoms with Gasteiger partial charge in [0.1, 0.15) is 17.8 Å². The number of rotatable bonds is 8. The van der Waals surface area contributed by atoms with E-state index in [0.717, 1.165) is 31.6 Å². The predicted octanol–water partition coefficient (Wildman–Crippen LogP) is 4.25. The first-order chi connectivity index (χ1) is 20.9. The molecule has 3 N–H and O–H groups in total. The minimum absolute atomic E-state index is 0.0142. The highest BCUT2D eigenvalue weighted by Gasteiger charge is 2.31. The normalized spacial score (nSPS) is 15.9. The third-order valence-electron chi connectivity index (χ3n) is 8.03. The van der Waals surface area contributed by atoms with Crippen LogP contribution in [-0.2, 0) is 4.79 Å². The number of nitrogen functional groups attached to an aromatic ring is 1. The van der Waals surface area contributed by atoms with Gasteiger partial charge in [-0.3, -0.25) is 9.59 Å². The number of nitrogens with two attached hydrogens (primary N) is 1. The summed E-state index contributed by atoms with van der Waals surface area (Å²) in [5, 5.41) is 8.50. The van der Waals surface area contributed by atoms with Crippen molar-refractivity contribution in [2.75, 3.05) is 48.9 Å². The van der Waals surface area contributed by atoms with Crippen LogP contribution in [0, 0.1) is 0 Å². The molecule has 222 valence electrons. The van der Waals surface area contributed by atoms with Gasteiger partial charge in [0.15, 0.2) is 17.1 Å². The fraction of sp³-hybridized carbons (Fsp3) is 0.323. The number of aromatic nitrogens is 4. The molecule has 12 nitrogen and oxygen atoms in total. The molecular formula is C31H34N8O4. The zero-order chi connectivity index (χ0) is 30.1. The van der Waals surface area contributed by atoms with Crippen LogP contribution in [0.3, 0.4) is 0 Å². The van der Waals surface area contributed by atoms with Crippen LogP contribution in [-0.4, -0.2) is 69.4 Å². The molecule has 2 aliphatic heterocycles. The summed E-state index contributed by atoms with van der Waals surface area (Å²) in [6.45, 7) is 10.7. The largest absolute Gasteiger partial charge is 0.453 e. The molecule has 0 spiro atoms. The Hall–Kier alpha value is -5.13. The van der Waals surface area contributed by atoms with Gasteiger partial charge in [0.2, 0.25) is 12.7 Å². The lowest BCUT2D eigenvalue weighted by atomic mass is 10.1. The van der Waals surface area contributed by atoms with Crippen LogP contribution in [0.2, 0.25) is 0 Å². The van der Waals surface area contributed by atoms with Crippen molar-refractivity contribution in [3.05, 3.63) is 60.9 Å². The Labute approximate surface area is 249 Å². The first-order valence-corrected chi connectivity index (χ1v) is 14.4. The van der Waals surface area contributed by atoms with Crippen molar-refractivity contribution in [2.24, 2.45) is 0 Å². The summed E-state index contributed by atoms with van der Waals surface area (Å²) in [7, 11) is 0. The van der Waals surface area contributed by atoms with Crippen LogP contribution in [0.1, 0.15) is 43.1 Å². The van der Waals surface area contributed by atoms with Gasteiger partial charge in [0, 0.05) is 43.0 Å². The lowest BCUT2D eigenvalue weighted by molar-refractivity contribution is -0.127. The number of benzene rings is 2. The Bertz CT molecular complexity index is 1700. The van der Waals surface area contributed by atoms with Gasteiger partial charge in [0.25, 0.3) is 5.91 Å². The Morgan fingerprint density at radius 1 is 1.12 bits per heavy atom. The number of anilines is 3. The SMILES string of the molecule is C=CC(=O)N1CCC[C@@H](n2nc(-c3ccc(NC(=O)c4ccc(N(CC)CC)cc4)c4c3OCO4)c3c(N)ncnc32)C1. The molecule has 1 saturated heterocycles. The third-order valence-corrected chi connectivity index (χ3v) is 8.03. The number of ether oxygens (including phenoxy) is 2. The Morgan fingerprint density at radius 2 is 1.88 bits per heavy atom. The van der Waals surface area contributed by atoms with E-state index in [0.29, 0.717) is 58.1 Å². The van der Waals surface area contributed by atoms with E-state index in [1.807, 2.05) is 35.0 Å². The van der Waals surface area contributed by atoms with Gasteiger partial charge in [0.05, 0.1) is 17.1 Å². The number of nitrogens with one attached hydrogen (secondary N) is 1. The Kier molecular flexibility index (Phi) is 7.58. The molecule has 2 aromatic carbocycles. The molecule has 12 heteroatoms. The minimum atomic E-state index is -0.264. The zero-order valence-electron chi connectivity index (χ0n) is 24.2. The fourth-order valence-electron chi connectivity index (χ4n) is 5.81. The van der Waals surface area contributed by atoms with Gasteiger partial charge in [-0.05, 0) is 69.2 Å². The summed E-state index contributed by atoms with van der Waals surface area (Å²) in [5.41, 5.74) is 10.2. The van der Waals surface area contributed by atoms with Crippen molar-refractivity contribution in [1.29, 1.82) is 0 Å². The molecule has 1 fully saturated rings. The Morgan fingerprint density at radius 3 is 2.63 bits per heavy atom. The number of likely N-dealkylation sites (tertiary alicyclic amines) is 1. The summed E-state index contributed by atoms with van der Waals surface area (Å²) < 4.78 is 13.6. The fourth-order valence-corrected chi connectivity index (χ4v) is 5.81. The van der Waals surface area contributed by atoms with Crippen molar-refractivity contribution >= 4 is 40.0 Å². The van der Waals surface area contributed by atoms with Gasteiger partial charge in [-0.25, -0.2) is 14.6 Å². The summed E-state index contributed by atoms with van der Waals surface area (Å²) in [6.07, 6.45) is 4.38. The minimum Gasteiger partial charge on any atom is -0.453 e. The van der Waals surface area contributed by atoms with E-state index in [2.05, 4.69) is 40.6 Å². The molecule has 2 amide bonds. The summed E-state index contributed by atoms with van der Waals surface area (Å²) >= 11 is 0. The van der Waals surface area contributed by atoms with Gasteiger partial charge >= 0.3 is 0 Å². The maximum Gasteiger partial charge on any atom is 0.255 e. The molecule has 0 unspecified atom stereocenters. The number of amides is 2. The van der Waals surface area contributed by atoms with Crippen molar-refractivity contribution in [3.8, 4) is 22.8 Å². The number of carbonyl (C=O) groups is 2. The number of fused-ring (bicyclic) bond motifs is 2. The molecule has 0 saturated carbocycles. The maximum absolute atomic E-state index is 13.2. The molecule has 6 rings (SSSR count). The highest BCUT2D eigenvalue weighted by Crippen LogP contribution is 2.48. The van der Waals surface area contributed by atoms with E-state index in [-0.39, 0.29) is 30.5 Å². The summed E-state index contributed by atoms with van der Waals surface area (Å²) in [6, 6.07) is 11.0. The van der Waals surface area contributed by atoms with Gasteiger partial charge in [-0.2, -0.15) is 5.10 Å². The number of carbonyl (C=O) groups excluding carboxylic acids is 2. The second kappa shape index (κ2) is 11.6. The van der Waals surface area contributed by atoms with E-state index in [1.165, 1.54) is 12.4 Å². The van der Waals surface area contributed by atoms with E-state index < -0.39 is 0 Å². The summed E-state index contributed by atoms with van der Waals surface area (Å²) in [5.74, 6) is 0.747. The summed E-state index contributed by atoms with van der Waals surface area (Å²) in [4.78, 5) is 38.3. The van der Waals surface area contributed by atoms with E-state index in [9.17, 15) is 9.59 Å². The lowest BCUT2D eigenvalue weighted by Crippen LogP contribution is -2.40. The standard InChI is InChI=1S/C31H34N8O4/c1-4-24(40)38-15-7-8-21(16-38)39-30-25(29(32)33-17-34-30)26(36-39)22-13-14-23(28-27(22)42-18-43-28)35-31(41)19-9-11-20(12-10-19)37(5-2)6-3/h4,9-14,17,21H,1,5-8,15-16,18H2,2-3H3,(H,35,41)(H2,32,33,34)/t21-/m1/s1. The molecule has 0 bridgehead atoms. The number of piperidine rings is 1. The molecule has 2 aromatic heterocycles. The van der Waals surface area contributed by atoms with E-state index in [4.69, 9.17) is 20.3 Å². The van der Waals surface area contributed by atoms with Crippen LogP contribution >= 0.6 is 0 Å². The third kappa shape index (κ3) is 5.09. The molecule has 0 radical (unpaired) electrons. The Balaban J connectivity index is 1.34. The topological polar surface area (TPSA) is 141 Å². The van der Waals surface area contributed by atoms with Crippen molar-refractivity contribution in [3.63, 3.8) is 0 Å². The molecule has 43 heavy (non-hydrogen) atoms. The van der Waals surface area contributed by atoms with Crippen molar-refractivity contribution in [1.82, 2.24) is 24.6 Å². The van der Waals surface area contributed by atoms with E-state index >= 15 is 0 Å². The van der Waals surface area contributed by atoms with Crippen LogP contribution in [0.25, 0.3) is 22.3 Å². The second-order valence-corrected chi connectivity index (χ2v) is 10.4. The van der Waals surface area contributed by atoms with Gasteiger partial charge in [-0.15, -0.1) is 0 Å². The molecule has 0 aliphatic carbocycles. The van der Waals surface area contributed by atoms with E-state index in [1.54, 1.807) is 11.0 Å². The molecule has 4 aromatic rings. The second-order valence-electron chi connectivity index (χ2n) is 10.4. The number of hydrogen-bond acceptors (Lipinski definition) is 9. The zero-order valence-corrected chi connectivity index (χ0v) is 24.2. The van der Waals surface area contributed by atoms with Crippen LogP contribution in [0.5, 0.6) is 11.5 Å². The highest BCUT2D eigenvalue weighted by atomic mass is 16.7. The molecule has 2 aliphatic rings. The predicted molar refractivity (Wildman–Crippen MR) is 164 cm³/mol. The van der Waals surface area contributed by atoms with Crippen LogP contribution < -0.4 is 25.4 Å². The monoisotopic (exact) mass is 582 g/mol. The smallest absolute Gasteiger partial charge is 0.255 e. The van der Waals surface area contributed by atoms with Crippen molar-refractivity contribution < 1.29 is 19.1 Å². The van der Waals surface area contributed by atoms with Crippen LogP contribution in [0.15, 0.2) is 55.4 Å². The average Bonchev–Trinajstić information content (AvgIpc) is 3.69. The van der Waals surface area contributed by atoms with Gasteiger partial charge < -0.3 is 30.3 Å². The molecule has 1 atom stereocenters. The van der Waals surface area contributed by atoms with Gasteiger partial charge in [-0.1, -0.05) is 6.58 Å². The first kappa shape index (κ1) is 28.0. The quantitative estimate of drug-likeness (QED) is 0.292. The number of hydrogen-bond donors (Lipinski definition) is 2. The lowest BCUT2D eigenvalue weighted by Gasteiger charge is -2.32. The molecular weight excluding hydrogens is 548 g/mol. The van der Waals surface area contributed by atoms with Crippen LogP contribution in [0.4, 0.5) is 17.2 Å². The average molecular weight is 583 g/mol. The molecule has 4 heterocycles.